The van der Waals surface area contributed by atoms with E-state index < -0.39 is 86.8 Å². The first-order valence-corrected chi connectivity index (χ1v) is 26.8. The van der Waals surface area contributed by atoms with Crippen LogP contribution in [-0.4, -0.2) is 140 Å². The third-order valence-corrected chi connectivity index (χ3v) is 12.6. The fraction of sp³-hybridized carbons (Fsp3) is 0.732. The molecule has 0 aliphatic carbocycles. The number of ether oxygens (including phenoxy) is 4. The minimum absolute atomic E-state index is 0.227. The number of rotatable bonds is 40. The number of nitrogens with one attached hydrogen (secondary N) is 1. The largest absolute Gasteiger partial charge is 0.394 e. The van der Waals surface area contributed by atoms with Crippen LogP contribution in [-0.2, 0) is 23.7 Å². The molecule has 0 bridgehead atoms. The van der Waals surface area contributed by atoms with Crippen LogP contribution < -0.4 is 5.32 Å². The number of carbonyl (C=O) groups excluding carboxylic acids is 1. The van der Waals surface area contributed by atoms with Crippen molar-refractivity contribution in [3.63, 3.8) is 0 Å². The summed E-state index contributed by atoms with van der Waals surface area (Å²) in [6.45, 7) is 2.65. The number of amides is 1. The van der Waals surface area contributed by atoms with E-state index in [0.29, 0.717) is 12.8 Å². The summed E-state index contributed by atoms with van der Waals surface area (Å²) in [6, 6.07) is -0.837. The maximum Gasteiger partial charge on any atom is 0.220 e. The van der Waals surface area contributed by atoms with Gasteiger partial charge in [-0.15, -0.1) is 0 Å². The van der Waals surface area contributed by atoms with Crippen LogP contribution in [0.25, 0.3) is 0 Å². The Labute approximate surface area is 420 Å². The van der Waals surface area contributed by atoms with Crippen LogP contribution in [0.3, 0.4) is 0 Å². The Hall–Kier alpha value is -2.83. The van der Waals surface area contributed by atoms with Crippen LogP contribution in [0.2, 0.25) is 0 Å². The Morgan fingerprint density at radius 2 is 0.986 bits per heavy atom. The Bertz CT molecular complexity index is 1500. The first-order chi connectivity index (χ1) is 34.1. The van der Waals surface area contributed by atoms with Crippen molar-refractivity contribution in [3.05, 3.63) is 85.1 Å². The third kappa shape index (κ3) is 27.8. The number of allylic oxidation sites excluding steroid dienone is 14. The molecule has 9 N–H and O–H groups in total. The van der Waals surface area contributed by atoms with Crippen LogP contribution in [0.5, 0.6) is 0 Å². The van der Waals surface area contributed by atoms with Gasteiger partial charge in [0.1, 0.15) is 48.8 Å². The van der Waals surface area contributed by atoms with Gasteiger partial charge >= 0.3 is 0 Å². The predicted octanol–water partition coefficient (Wildman–Crippen LogP) is 7.77. The highest BCUT2D eigenvalue weighted by molar-refractivity contribution is 5.76. The van der Waals surface area contributed by atoms with E-state index >= 15 is 0 Å². The zero-order valence-corrected chi connectivity index (χ0v) is 42.7. The fourth-order valence-corrected chi connectivity index (χ4v) is 8.27. The number of carbonyl (C=O) groups is 1. The minimum Gasteiger partial charge on any atom is -0.394 e. The lowest BCUT2D eigenvalue weighted by molar-refractivity contribution is -0.359. The van der Waals surface area contributed by atoms with E-state index in [2.05, 4.69) is 104 Å². The summed E-state index contributed by atoms with van der Waals surface area (Å²) in [6.07, 6.45) is 37.6. The van der Waals surface area contributed by atoms with Crippen LogP contribution in [0.1, 0.15) is 168 Å². The number of unbranched alkanes of at least 4 members (excludes halogenated alkanes) is 13. The van der Waals surface area contributed by atoms with Crippen molar-refractivity contribution in [2.24, 2.45) is 0 Å². The van der Waals surface area contributed by atoms with Gasteiger partial charge < -0.3 is 65.1 Å². The Morgan fingerprint density at radius 1 is 0.529 bits per heavy atom. The summed E-state index contributed by atoms with van der Waals surface area (Å²) in [7, 11) is 0. The average molecular weight is 990 g/mol. The van der Waals surface area contributed by atoms with Crippen LogP contribution in [0, 0.1) is 0 Å². The van der Waals surface area contributed by atoms with Gasteiger partial charge in [-0.3, -0.25) is 4.79 Å². The smallest absolute Gasteiger partial charge is 0.220 e. The zero-order chi connectivity index (χ0) is 51.0. The highest BCUT2D eigenvalue weighted by Gasteiger charge is 2.51. The molecule has 2 aliphatic heterocycles. The molecular formula is C56H95NO13. The summed E-state index contributed by atoms with van der Waals surface area (Å²) in [5.41, 5.74) is 0. The van der Waals surface area contributed by atoms with Gasteiger partial charge in [0.25, 0.3) is 0 Å². The molecule has 2 saturated heterocycles. The molecule has 2 fully saturated rings. The van der Waals surface area contributed by atoms with E-state index in [1.54, 1.807) is 0 Å². The van der Waals surface area contributed by atoms with Crippen molar-refractivity contribution >= 4 is 5.91 Å². The van der Waals surface area contributed by atoms with Gasteiger partial charge in [-0.1, -0.05) is 176 Å². The van der Waals surface area contributed by atoms with Crippen LogP contribution in [0.4, 0.5) is 0 Å². The van der Waals surface area contributed by atoms with Crippen LogP contribution in [0.15, 0.2) is 85.1 Å². The highest BCUT2D eigenvalue weighted by atomic mass is 16.7. The van der Waals surface area contributed by atoms with Gasteiger partial charge in [0.2, 0.25) is 5.91 Å². The van der Waals surface area contributed by atoms with Crippen LogP contribution >= 0.6 is 0 Å². The average Bonchev–Trinajstić information content (AvgIpc) is 3.36. The molecule has 14 nitrogen and oxygen atoms in total. The number of hydrogen-bond acceptors (Lipinski definition) is 13. The molecule has 2 aliphatic rings. The first kappa shape index (κ1) is 63.3. The highest BCUT2D eigenvalue weighted by Crippen LogP contribution is 2.30. The maximum absolute atomic E-state index is 13.2. The van der Waals surface area contributed by atoms with E-state index in [1.807, 2.05) is 0 Å². The molecule has 12 atom stereocenters. The number of aliphatic hydroxyl groups is 8. The monoisotopic (exact) mass is 990 g/mol. The number of aliphatic hydroxyl groups excluding tert-OH is 8. The van der Waals surface area contributed by atoms with E-state index in [4.69, 9.17) is 18.9 Å². The molecule has 0 aromatic heterocycles. The molecule has 0 aromatic carbocycles. The lowest BCUT2D eigenvalue weighted by Gasteiger charge is -2.46. The summed E-state index contributed by atoms with van der Waals surface area (Å²) >= 11 is 0. The fourth-order valence-electron chi connectivity index (χ4n) is 8.27. The lowest BCUT2D eigenvalue weighted by atomic mass is 9.97. The molecule has 0 aromatic rings. The molecule has 1 amide bonds. The molecule has 14 heteroatoms. The molecular weight excluding hydrogens is 895 g/mol. The summed E-state index contributed by atoms with van der Waals surface area (Å²) in [4.78, 5) is 13.2. The van der Waals surface area contributed by atoms with Gasteiger partial charge in [0, 0.05) is 6.42 Å². The Balaban J connectivity index is 1.68. The van der Waals surface area contributed by atoms with E-state index in [1.165, 1.54) is 19.3 Å². The molecule has 12 unspecified atom stereocenters. The summed E-state index contributed by atoms with van der Waals surface area (Å²) < 4.78 is 22.7. The standard InChI is InChI=1S/C56H95NO13/c1-3-5-7-9-11-12-13-14-15-16-17-18-19-20-21-22-23-24-25-26-27-28-29-30-31-32-34-36-38-40-48(61)57-44(45(60)39-37-35-33-10-8-6-4-2)43-67-55-53(66)51(64)54(47(42-59)69-55)70-56-52(65)50(63)49(62)46(41-58)68-56/h5,7,11-12,14-15,17-18,20-21,23-24,26-27,44-47,49-56,58-60,62-66H,3-4,6,8-10,13,16,19,22,25,28-43H2,1-2H3,(H,57,61)/b7-5-,12-11-,15-14-,18-17-,21-20-,24-23-,27-26-. The summed E-state index contributed by atoms with van der Waals surface area (Å²) in [5, 5.41) is 86.6. The SMILES string of the molecule is CC/C=C\C/C=C\C/C=C\C/C=C\C/C=C\C/C=C\C/C=C\CCCCCCCCCC(=O)NC(COC1OC(CO)C(OC2OC(CO)C(O)C(O)C2O)C(O)C1O)C(O)CCCCCCCCC. The van der Waals surface area contributed by atoms with Gasteiger partial charge in [-0.05, 0) is 70.6 Å². The van der Waals surface area contributed by atoms with Gasteiger partial charge in [0.15, 0.2) is 12.6 Å². The molecule has 2 rings (SSSR count). The molecule has 0 saturated carbocycles. The first-order valence-electron chi connectivity index (χ1n) is 26.8. The maximum atomic E-state index is 13.2. The molecule has 0 spiro atoms. The minimum atomic E-state index is -1.79. The topological polar surface area (TPSA) is 228 Å². The van der Waals surface area contributed by atoms with Crippen molar-refractivity contribution in [1.82, 2.24) is 5.32 Å². The van der Waals surface area contributed by atoms with Gasteiger partial charge in [0.05, 0.1) is 32.0 Å². The molecule has 0 radical (unpaired) electrons. The van der Waals surface area contributed by atoms with Gasteiger partial charge in [-0.25, -0.2) is 0 Å². The van der Waals surface area contributed by atoms with E-state index in [0.717, 1.165) is 116 Å². The second-order valence-corrected chi connectivity index (χ2v) is 18.6. The van der Waals surface area contributed by atoms with Crippen molar-refractivity contribution in [2.45, 2.75) is 242 Å². The normalized spacial score (nSPS) is 26.7. The Kier molecular flexibility index (Phi) is 37.6. The third-order valence-electron chi connectivity index (χ3n) is 12.6. The van der Waals surface area contributed by atoms with Crippen molar-refractivity contribution in [1.29, 1.82) is 0 Å². The van der Waals surface area contributed by atoms with Crippen molar-refractivity contribution in [2.75, 3.05) is 19.8 Å². The van der Waals surface area contributed by atoms with Crippen molar-refractivity contribution in [3.8, 4) is 0 Å². The molecule has 402 valence electrons. The molecule has 70 heavy (non-hydrogen) atoms. The second-order valence-electron chi connectivity index (χ2n) is 18.6. The van der Waals surface area contributed by atoms with Gasteiger partial charge in [-0.2, -0.15) is 0 Å². The number of hydrogen-bond donors (Lipinski definition) is 9. The summed E-state index contributed by atoms with van der Waals surface area (Å²) in [5.74, 6) is -0.227. The zero-order valence-electron chi connectivity index (χ0n) is 42.7. The predicted molar refractivity (Wildman–Crippen MR) is 276 cm³/mol. The van der Waals surface area contributed by atoms with Crippen molar-refractivity contribution < 1.29 is 64.6 Å². The Morgan fingerprint density at radius 3 is 1.51 bits per heavy atom. The molecule has 2 heterocycles. The quantitative estimate of drug-likeness (QED) is 0.0212. The second kappa shape index (κ2) is 41.6. The van der Waals surface area contributed by atoms with E-state index in [-0.39, 0.29) is 18.9 Å². The lowest BCUT2D eigenvalue weighted by Crippen LogP contribution is -2.65. The van der Waals surface area contributed by atoms with E-state index in [9.17, 15) is 45.6 Å².